The van der Waals surface area contributed by atoms with Crippen molar-refractivity contribution >= 4 is 15.7 Å². The third-order valence-corrected chi connectivity index (χ3v) is 4.34. The lowest BCUT2D eigenvalue weighted by Crippen LogP contribution is -2.21. The molecule has 0 unspecified atom stereocenters. The standard InChI is InChI=1S/C16H18FNO5S/c1-21-14-7-8-16(22-2)15(11-14)18-24(19,20)10-9-23-13-5-3-12(17)4-6-13/h3-8,11,18H,9-10H2,1-2H3. The maximum absolute atomic E-state index is 12.8. The normalized spacial score (nSPS) is 11.0. The lowest BCUT2D eigenvalue weighted by molar-refractivity contribution is 0.340. The molecule has 6 nitrogen and oxygen atoms in total. The van der Waals surface area contributed by atoms with Gasteiger partial charge in [-0.15, -0.1) is 0 Å². The van der Waals surface area contributed by atoms with Crippen molar-refractivity contribution in [1.29, 1.82) is 0 Å². The van der Waals surface area contributed by atoms with Gasteiger partial charge in [-0.05, 0) is 36.4 Å². The van der Waals surface area contributed by atoms with Crippen LogP contribution in [0.1, 0.15) is 0 Å². The van der Waals surface area contributed by atoms with E-state index in [0.29, 0.717) is 17.2 Å². The van der Waals surface area contributed by atoms with Gasteiger partial charge in [0.1, 0.15) is 35.4 Å². The molecule has 0 saturated heterocycles. The number of anilines is 1. The molecule has 1 N–H and O–H groups in total. The SMILES string of the molecule is COc1ccc(OC)c(NS(=O)(=O)CCOc2ccc(F)cc2)c1. The first-order valence-corrected chi connectivity index (χ1v) is 8.69. The molecule has 0 heterocycles. The Labute approximate surface area is 140 Å². The summed E-state index contributed by atoms with van der Waals surface area (Å²) < 4.78 is 55.0. The third kappa shape index (κ3) is 5.02. The molecule has 0 aliphatic carbocycles. The summed E-state index contributed by atoms with van der Waals surface area (Å²) in [4.78, 5) is 0. The topological polar surface area (TPSA) is 73.9 Å². The van der Waals surface area contributed by atoms with Gasteiger partial charge in [-0.2, -0.15) is 0 Å². The minimum atomic E-state index is -3.66. The Kier molecular flexibility index (Phi) is 5.86. The Morgan fingerprint density at radius 1 is 1.00 bits per heavy atom. The molecule has 0 bridgehead atoms. The molecule has 2 rings (SSSR count). The van der Waals surface area contributed by atoms with E-state index in [1.54, 1.807) is 12.1 Å². The molecule has 0 saturated carbocycles. The van der Waals surface area contributed by atoms with E-state index in [2.05, 4.69) is 4.72 Å². The van der Waals surface area contributed by atoms with Crippen LogP contribution in [0, 0.1) is 5.82 Å². The summed E-state index contributed by atoms with van der Waals surface area (Å²) in [5.41, 5.74) is 0.277. The molecule has 0 radical (unpaired) electrons. The number of halogens is 1. The zero-order valence-corrected chi connectivity index (χ0v) is 14.1. The van der Waals surface area contributed by atoms with E-state index in [-0.39, 0.29) is 23.9 Å². The quantitative estimate of drug-likeness (QED) is 0.788. The van der Waals surface area contributed by atoms with Gasteiger partial charge in [0.05, 0.1) is 19.9 Å². The Bertz CT molecular complexity index is 778. The Balaban J connectivity index is 1.99. The van der Waals surface area contributed by atoms with E-state index in [4.69, 9.17) is 14.2 Å². The summed E-state index contributed by atoms with van der Waals surface area (Å²) in [6.45, 7) is -0.0761. The van der Waals surface area contributed by atoms with Gasteiger partial charge in [0.2, 0.25) is 10.0 Å². The molecule has 2 aromatic rings. The molecule has 0 atom stereocenters. The second-order valence-electron chi connectivity index (χ2n) is 4.79. The lowest BCUT2D eigenvalue weighted by atomic mass is 10.3. The molecule has 0 aliphatic rings. The highest BCUT2D eigenvalue weighted by atomic mass is 32.2. The van der Waals surface area contributed by atoms with Gasteiger partial charge in [0, 0.05) is 6.07 Å². The molecule has 24 heavy (non-hydrogen) atoms. The van der Waals surface area contributed by atoms with E-state index < -0.39 is 10.0 Å². The van der Waals surface area contributed by atoms with Crippen molar-refractivity contribution in [2.75, 3.05) is 31.3 Å². The monoisotopic (exact) mass is 355 g/mol. The van der Waals surface area contributed by atoms with Crippen molar-refractivity contribution < 1.29 is 27.0 Å². The summed E-state index contributed by atoms with van der Waals surface area (Å²) in [5, 5.41) is 0. The van der Waals surface area contributed by atoms with Crippen LogP contribution in [-0.2, 0) is 10.0 Å². The number of sulfonamides is 1. The molecule has 2 aromatic carbocycles. The second-order valence-corrected chi connectivity index (χ2v) is 6.63. The van der Waals surface area contributed by atoms with Crippen LogP contribution in [0.15, 0.2) is 42.5 Å². The van der Waals surface area contributed by atoms with Crippen molar-refractivity contribution in [1.82, 2.24) is 0 Å². The Morgan fingerprint density at radius 2 is 1.67 bits per heavy atom. The first-order valence-electron chi connectivity index (χ1n) is 7.04. The minimum Gasteiger partial charge on any atom is -0.497 e. The number of benzene rings is 2. The predicted octanol–water partition coefficient (Wildman–Crippen LogP) is 2.66. The molecule has 0 amide bonds. The predicted molar refractivity (Wildman–Crippen MR) is 88.9 cm³/mol. The molecular weight excluding hydrogens is 337 g/mol. The molecule has 0 aromatic heterocycles. The van der Waals surface area contributed by atoms with Crippen LogP contribution >= 0.6 is 0 Å². The zero-order valence-electron chi connectivity index (χ0n) is 13.3. The second kappa shape index (κ2) is 7.87. The van der Waals surface area contributed by atoms with E-state index in [1.165, 1.54) is 44.6 Å². The molecule has 0 spiro atoms. The molecular formula is C16H18FNO5S. The van der Waals surface area contributed by atoms with E-state index >= 15 is 0 Å². The van der Waals surface area contributed by atoms with Gasteiger partial charge in [-0.25, -0.2) is 12.8 Å². The first-order chi connectivity index (χ1) is 11.4. The van der Waals surface area contributed by atoms with Gasteiger partial charge >= 0.3 is 0 Å². The average molecular weight is 355 g/mol. The van der Waals surface area contributed by atoms with Gasteiger partial charge in [-0.1, -0.05) is 0 Å². The molecule has 130 valence electrons. The largest absolute Gasteiger partial charge is 0.497 e. The fourth-order valence-corrected chi connectivity index (χ4v) is 2.81. The van der Waals surface area contributed by atoms with Crippen LogP contribution in [0.3, 0.4) is 0 Å². The molecule has 0 aliphatic heterocycles. The van der Waals surface area contributed by atoms with E-state index in [1.807, 2.05) is 0 Å². The van der Waals surface area contributed by atoms with Crippen LogP contribution < -0.4 is 18.9 Å². The molecule has 0 fully saturated rings. The average Bonchev–Trinajstić information content (AvgIpc) is 2.56. The minimum absolute atomic E-state index is 0.0761. The summed E-state index contributed by atoms with van der Waals surface area (Å²) >= 11 is 0. The van der Waals surface area contributed by atoms with Gasteiger partial charge in [-0.3, -0.25) is 4.72 Å². The smallest absolute Gasteiger partial charge is 0.236 e. The third-order valence-electron chi connectivity index (χ3n) is 3.11. The van der Waals surface area contributed by atoms with Crippen LogP contribution in [0.5, 0.6) is 17.2 Å². The lowest BCUT2D eigenvalue weighted by Gasteiger charge is -2.13. The van der Waals surface area contributed by atoms with Crippen LogP contribution in [0.25, 0.3) is 0 Å². The zero-order chi connectivity index (χ0) is 17.6. The fourth-order valence-electron chi connectivity index (χ4n) is 1.91. The number of nitrogens with one attached hydrogen (secondary N) is 1. The number of hydrogen-bond donors (Lipinski definition) is 1. The van der Waals surface area contributed by atoms with Crippen LogP contribution in [-0.4, -0.2) is 35.0 Å². The van der Waals surface area contributed by atoms with Crippen molar-refractivity contribution in [3.8, 4) is 17.2 Å². The van der Waals surface area contributed by atoms with Crippen molar-refractivity contribution in [2.24, 2.45) is 0 Å². The fraction of sp³-hybridized carbons (Fsp3) is 0.250. The summed E-state index contributed by atoms with van der Waals surface area (Å²) in [5.74, 6) is 0.604. The number of ether oxygens (including phenoxy) is 3. The van der Waals surface area contributed by atoms with Crippen LogP contribution in [0.2, 0.25) is 0 Å². The van der Waals surface area contributed by atoms with E-state index in [0.717, 1.165) is 0 Å². The maximum atomic E-state index is 12.8. The maximum Gasteiger partial charge on any atom is 0.236 e. The van der Waals surface area contributed by atoms with Gasteiger partial charge in [0.25, 0.3) is 0 Å². The number of hydrogen-bond acceptors (Lipinski definition) is 5. The van der Waals surface area contributed by atoms with Gasteiger partial charge < -0.3 is 14.2 Å². The first kappa shape index (κ1) is 17.9. The van der Waals surface area contributed by atoms with Gasteiger partial charge in [0.15, 0.2) is 0 Å². The number of rotatable bonds is 8. The Morgan fingerprint density at radius 3 is 2.29 bits per heavy atom. The summed E-state index contributed by atoms with van der Waals surface area (Å²) in [6, 6.07) is 10.1. The number of methoxy groups -OCH3 is 2. The summed E-state index contributed by atoms with van der Waals surface area (Å²) in [7, 11) is -0.731. The highest BCUT2D eigenvalue weighted by Crippen LogP contribution is 2.29. The highest BCUT2D eigenvalue weighted by Gasteiger charge is 2.15. The van der Waals surface area contributed by atoms with Crippen molar-refractivity contribution in [3.05, 3.63) is 48.3 Å². The molecule has 8 heteroatoms. The Hall–Kier alpha value is -2.48. The van der Waals surface area contributed by atoms with E-state index in [9.17, 15) is 12.8 Å². The van der Waals surface area contributed by atoms with Crippen molar-refractivity contribution in [2.45, 2.75) is 0 Å². The summed E-state index contributed by atoms with van der Waals surface area (Å²) in [6.07, 6.45) is 0. The highest BCUT2D eigenvalue weighted by molar-refractivity contribution is 7.92. The van der Waals surface area contributed by atoms with Crippen molar-refractivity contribution in [3.63, 3.8) is 0 Å². The van der Waals surface area contributed by atoms with Crippen LogP contribution in [0.4, 0.5) is 10.1 Å².